The van der Waals surface area contributed by atoms with Gasteiger partial charge in [0.1, 0.15) is 0 Å². The van der Waals surface area contributed by atoms with Crippen LogP contribution in [-0.2, 0) is 14.3 Å². The largest absolute Gasteiger partial charge is 0.379 e. The summed E-state index contributed by atoms with van der Waals surface area (Å²) in [4.78, 5) is 24.3. The van der Waals surface area contributed by atoms with E-state index in [-0.39, 0.29) is 11.9 Å². The van der Waals surface area contributed by atoms with Crippen LogP contribution in [0.1, 0.15) is 52.4 Å². The lowest BCUT2D eigenvalue weighted by Gasteiger charge is -2.31. The number of ether oxygens (including phenoxy) is 1. The Morgan fingerprint density at radius 1 is 1.40 bits per heavy atom. The van der Waals surface area contributed by atoms with E-state index in [9.17, 15) is 9.59 Å². The van der Waals surface area contributed by atoms with Crippen LogP contribution in [0.4, 0.5) is 0 Å². The molecule has 0 spiro atoms. The molecular weight excluding hydrogens is 256 g/mol. The van der Waals surface area contributed by atoms with Crippen molar-refractivity contribution in [2.45, 2.75) is 64.5 Å². The minimum absolute atomic E-state index is 0.234. The Hall–Kier alpha value is -1.10. The number of hydrogen-bond acceptors (Lipinski definition) is 3. The second-order valence-corrected chi connectivity index (χ2v) is 5.49. The first-order valence-corrected chi connectivity index (χ1v) is 7.76. The van der Waals surface area contributed by atoms with Gasteiger partial charge in [0.05, 0.1) is 6.10 Å². The Balaban J connectivity index is 2.07. The lowest BCUT2D eigenvalue weighted by atomic mass is 10.0. The second kappa shape index (κ2) is 9.75. The van der Waals surface area contributed by atoms with Crippen molar-refractivity contribution in [1.82, 2.24) is 10.2 Å². The number of piperidine rings is 1. The lowest BCUT2D eigenvalue weighted by Crippen LogP contribution is -2.44. The third-order valence-electron chi connectivity index (χ3n) is 3.91. The summed E-state index contributed by atoms with van der Waals surface area (Å²) in [5, 5.41) is 2.78. The molecule has 1 N–H and O–H groups in total. The van der Waals surface area contributed by atoms with Gasteiger partial charge >= 0.3 is 0 Å². The van der Waals surface area contributed by atoms with E-state index in [2.05, 4.69) is 19.2 Å². The fourth-order valence-corrected chi connectivity index (χ4v) is 2.33. The molecule has 1 aliphatic heterocycles. The number of likely N-dealkylation sites (tertiary alicyclic amines) is 1. The molecule has 0 radical (unpaired) electrons. The highest BCUT2D eigenvalue weighted by molar-refractivity contribution is 5.76. The van der Waals surface area contributed by atoms with Crippen LogP contribution in [0.25, 0.3) is 0 Å². The van der Waals surface area contributed by atoms with Gasteiger partial charge in [0.15, 0.2) is 0 Å². The molecule has 0 aliphatic carbocycles. The first-order chi connectivity index (χ1) is 9.67. The van der Waals surface area contributed by atoms with E-state index in [0.29, 0.717) is 12.5 Å². The van der Waals surface area contributed by atoms with E-state index in [1.165, 1.54) is 0 Å². The number of hydrogen-bond donors (Lipinski definition) is 1. The molecule has 0 bridgehead atoms. The molecule has 1 rings (SSSR count). The predicted molar refractivity (Wildman–Crippen MR) is 78.4 cm³/mol. The van der Waals surface area contributed by atoms with Gasteiger partial charge < -0.3 is 15.0 Å². The van der Waals surface area contributed by atoms with E-state index in [4.69, 9.17) is 4.74 Å². The van der Waals surface area contributed by atoms with Crippen molar-refractivity contribution < 1.29 is 14.3 Å². The smallest absolute Gasteiger partial charge is 0.222 e. The maximum atomic E-state index is 12.0. The molecule has 1 saturated heterocycles. The summed E-state index contributed by atoms with van der Waals surface area (Å²) in [6.45, 7) is 6.44. The summed E-state index contributed by atoms with van der Waals surface area (Å²) < 4.78 is 5.59. The number of rotatable bonds is 9. The fourth-order valence-electron chi connectivity index (χ4n) is 2.33. The molecule has 0 aromatic rings. The monoisotopic (exact) mass is 284 g/mol. The number of unbranched alkanes of at least 4 members (excludes halogenated alkanes) is 1. The third-order valence-corrected chi connectivity index (χ3v) is 3.91. The van der Waals surface area contributed by atoms with Gasteiger partial charge in [-0.3, -0.25) is 9.59 Å². The minimum Gasteiger partial charge on any atom is -0.379 e. The topological polar surface area (TPSA) is 58.6 Å². The van der Waals surface area contributed by atoms with E-state index in [1.807, 2.05) is 4.90 Å². The number of nitrogens with zero attached hydrogens (tertiary/aromatic N) is 1. The van der Waals surface area contributed by atoms with Crippen molar-refractivity contribution in [2.24, 2.45) is 0 Å². The molecular formula is C15H28N2O3. The van der Waals surface area contributed by atoms with Crippen molar-refractivity contribution in [3.05, 3.63) is 0 Å². The van der Waals surface area contributed by atoms with Gasteiger partial charge in [0, 0.05) is 32.2 Å². The van der Waals surface area contributed by atoms with Crippen LogP contribution in [0.3, 0.4) is 0 Å². The van der Waals surface area contributed by atoms with Crippen molar-refractivity contribution in [3.8, 4) is 0 Å². The predicted octanol–water partition coefficient (Wildman–Crippen LogP) is 1.71. The molecule has 0 saturated carbocycles. The normalized spacial score (nSPS) is 17.8. The molecule has 1 aliphatic rings. The molecule has 5 nitrogen and oxygen atoms in total. The molecule has 2 amide bonds. The van der Waals surface area contributed by atoms with Crippen molar-refractivity contribution >= 4 is 12.3 Å². The Morgan fingerprint density at radius 3 is 2.70 bits per heavy atom. The van der Waals surface area contributed by atoms with E-state index < -0.39 is 0 Å². The molecule has 1 heterocycles. The second-order valence-electron chi connectivity index (χ2n) is 5.49. The molecule has 20 heavy (non-hydrogen) atoms. The zero-order valence-electron chi connectivity index (χ0n) is 12.8. The molecule has 0 aromatic heterocycles. The summed E-state index contributed by atoms with van der Waals surface area (Å²) >= 11 is 0. The average molecular weight is 284 g/mol. The fraction of sp³-hybridized carbons (Fsp3) is 0.867. The molecule has 1 unspecified atom stereocenters. The molecule has 0 aromatic carbocycles. The Morgan fingerprint density at radius 2 is 2.10 bits per heavy atom. The van der Waals surface area contributed by atoms with Crippen LogP contribution in [-0.4, -0.2) is 49.1 Å². The molecule has 1 fully saturated rings. The first kappa shape index (κ1) is 17.0. The summed E-state index contributed by atoms with van der Waals surface area (Å²) in [6.07, 6.45) is 6.26. The summed E-state index contributed by atoms with van der Waals surface area (Å²) in [6, 6.07) is 0.237. The highest BCUT2D eigenvalue weighted by Gasteiger charge is 2.21. The Kier molecular flexibility index (Phi) is 8.26. The third kappa shape index (κ3) is 6.37. The van der Waals surface area contributed by atoms with Crippen LogP contribution in [0.5, 0.6) is 0 Å². The SMILES string of the molecule is CCC(C)OCCCCC(=O)N1CCC(NC=O)CC1. The van der Waals surface area contributed by atoms with Crippen molar-refractivity contribution in [1.29, 1.82) is 0 Å². The van der Waals surface area contributed by atoms with E-state index >= 15 is 0 Å². The number of nitrogens with one attached hydrogen (secondary N) is 1. The average Bonchev–Trinajstić information content (AvgIpc) is 2.47. The maximum Gasteiger partial charge on any atom is 0.222 e. The van der Waals surface area contributed by atoms with Crippen molar-refractivity contribution in [3.63, 3.8) is 0 Å². The van der Waals surface area contributed by atoms with E-state index in [0.717, 1.165) is 58.2 Å². The van der Waals surface area contributed by atoms with Gasteiger partial charge in [0.2, 0.25) is 12.3 Å². The molecule has 116 valence electrons. The zero-order chi connectivity index (χ0) is 14.8. The minimum atomic E-state index is 0.234. The van der Waals surface area contributed by atoms with Crippen LogP contribution < -0.4 is 5.32 Å². The quantitative estimate of drug-likeness (QED) is 0.518. The van der Waals surface area contributed by atoms with E-state index in [1.54, 1.807) is 0 Å². The van der Waals surface area contributed by atoms with Crippen LogP contribution in [0.15, 0.2) is 0 Å². The standard InChI is InChI=1S/C15H28N2O3/c1-3-13(2)20-11-5-4-6-15(19)17-9-7-14(8-10-17)16-12-18/h12-14H,3-11H2,1-2H3,(H,16,18). The maximum absolute atomic E-state index is 12.0. The highest BCUT2D eigenvalue weighted by atomic mass is 16.5. The van der Waals surface area contributed by atoms with Gasteiger partial charge in [-0.25, -0.2) is 0 Å². The van der Waals surface area contributed by atoms with Gasteiger partial charge in [-0.1, -0.05) is 6.92 Å². The number of carbonyl (C=O) groups excluding carboxylic acids is 2. The Bertz CT molecular complexity index is 289. The zero-order valence-corrected chi connectivity index (χ0v) is 12.8. The van der Waals surface area contributed by atoms with Crippen LogP contribution >= 0.6 is 0 Å². The van der Waals surface area contributed by atoms with Gasteiger partial charge in [-0.2, -0.15) is 0 Å². The summed E-state index contributed by atoms with van der Waals surface area (Å²) in [5.74, 6) is 0.234. The molecule has 5 heteroatoms. The van der Waals surface area contributed by atoms with Gasteiger partial charge in [-0.15, -0.1) is 0 Å². The van der Waals surface area contributed by atoms with Gasteiger partial charge in [0.25, 0.3) is 0 Å². The summed E-state index contributed by atoms with van der Waals surface area (Å²) in [5.41, 5.74) is 0. The van der Waals surface area contributed by atoms with Crippen molar-refractivity contribution in [2.75, 3.05) is 19.7 Å². The lowest BCUT2D eigenvalue weighted by molar-refractivity contribution is -0.132. The van der Waals surface area contributed by atoms with Gasteiger partial charge in [-0.05, 0) is 39.0 Å². The highest BCUT2D eigenvalue weighted by Crippen LogP contribution is 2.12. The number of amides is 2. The number of carbonyl (C=O) groups is 2. The van der Waals surface area contributed by atoms with Crippen LogP contribution in [0.2, 0.25) is 0 Å². The van der Waals surface area contributed by atoms with Crippen LogP contribution in [0, 0.1) is 0 Å². The summed E-state index contributed by atoms with van der Waals surface area (Å²) in [7, 11) is 0. The Labute approximate surface area is 122 Å². The first-order valence-electron chi connectivity index (χ1n) is 7.76. The molecule has 1 atom stereocenters.